The summed E-state index contributed by atoms with van der Waals surface area (Å²) in [6, 6.07) is 4.11. The Labute approximate surface area is 156 Å². The molecule has 8 heteroatoms. The molecule has 1 saturated heterocycles. The Morgan fingerprint density at radius 1 is 1.15 bits per heavy atom. The van der Waals surface area contributed by atoms with E-state index in [9.17, 15) is 13.2 Å². The van der Waals surface area contributed by atoms with Gasteiger partial charge in [-0.15, -0.1) is 0 Å². The highest BCUT2D eigenvalue weighted by Gasteiger charge is 2.44. The fourth-order valence-electron chi connectivity index (χ4n) is 4.23. The number of halogens is 3. The Morgan fingerprint density at radius 2 is 1.96 bits per heavy atom. The number of rotatable bonds is 2. The molecule has 1 aliphatic heterocycles. The van der Waals surface area contributed by atoms with E-state index in [1.165, 1.54) is 6.07 Å². The number of hydrogen-bond acceptors (Lipinski definition) is 5. The minimum absolute atomic E-state index is 0.142. The zero-order valence-corrected chi connectivity index (χ0v) is 15.4. The van der Waals surface area contributed by atoms with Gasteiger partial charge in [0.05, 0.1) is 5.69 Å². The zero-order valence-electron chi connectivity index (χ0n) is 15.4. The molecule has 1 spiro atoms. The van der Waals surface area contributed by atoms with Gasteiger partial charge in [-0.1, -0.05) is 6.07 Å². The largest absolute Gasteiger partial charge is 0.433 e. The van der Waals surface area contributed by atoms with Gasteiger partial charge in [0, 0.05) is 38.8 Å². The standard InChI is InChI=1S/C19H22F3N5/c1-26(2)17-23-11-13-7-9-18(16(13)25-17)8-4-10-27(12-18)15-6-3-5-14(24-15)19(20,21)22/h3,5-6,11H,4,7-10,12H2,1-2H3. The third-order valence-corrected chi connectivity index (χ3v) is 5.55. The van der Waals surface area contributed by atoms with E-state index in [1.807, 2.05) is 30.1 Å². The van der Waals surface area contributed by atoms with Crippen molar-refractivity contribution in [3.63, 3.8) is 0 Å². The van der Waals surface area contributed by atoms with Gasteiger partial charge in [-0.25, -0.2) is 15.0 Å². The van der Waals surface area contributed by atoms with E-state index in [1.54, 1.807) is 6.07 Å². The molecule has 2 aliphatic rings. The zero-order chi connectivity index (χ0) is 19.2. The quantitative estimate of drug-likeness (QED) is 0.802. The molecule has 0 saturated carbocycles. The number of pyridine rings is 1. The summed E-state index contributed by atoms with van der Waals surface area (Å²) in [6.45, 7) is 1.34. The molecular formula is C19H22F3N5. The first kappa shape index (κ1) is 18.0. The van der Waals surface area contributed by atoms with Crippen molar-refractivity contribution >= 4 is 11.8 Å². The molecule has 0 N–H and O–H groups in total. The maximum Gasteiger partial charge on any atom is 0.433 e. The smallest absolute Gasteiger partial charge is 0.356 e. The summed E-state index contributed by atoms with van der Waals surface area (Å²) >= 11 is 0. The molecule has 1 atom stereocenters. The van der Waals surface area contributed by atoms with E-state index in [-0.39, 0.29) is 5.41 Å². The lowest BCUT2D eigenvalue weighted by molar-refractivity contribution is -0.141. The van der Waals surface area contributed by atoms with Crippen LogP contribution in [0.2, 0.25) is 0 Å². The molecule has 1 unspecified atom stereocenters. The Hall–Kier alpha value is -2.38. The van der Waals surface area contributed by atoms with Crippen LogP contribution >= 0.6 is 0 Å². The van der Waals surface area contributed by atoms with Crippen molar-refractivity contribution in [1.82, 2.24) is 15.0 Å². The number of alkyl halides is 3. The molecule has 0 radical (unpaired) electrons. The van der Waals surface area contributed by atoms with Gasteiger partial charge in [0.2, 0.25) is 5.95 Å². The molecule has 2 aromatic heterocycles. The van der Waals surface area contributed by atoms with Crippen molar-refractivity contribution < 1.29 is 13.2 Å². The molecule has 1 aliphatic carbocycles. The van der Waals surface area contributed by atoms with E-state index >= 15 is 0 Å². The van der Waals surface area contributed by atoms with E-state index in [2.05, 4.69) is 9.97 Å². The van der Waals surface area contributed by atoms with Crippen molar-refractivity contribution in [1.29, 1.82) is 0 Å². The number of aromatic nitrogens is 3. The highest BCUT2D eigenvalue weighted by molar-refractivity contribution is 5.46. The van der Waals surface area contributed by atoms with Crippen LogP contribution in [0.1, 0.15) is 36.2 Å². The van der Waals surface area contributed by atoms with Crippen LogP contribution in [-0.2, 0) is 18.0 Å². The number of piperidine rings is 1. The van der Waals surface area contributed by atoms with E-state index in [4.69, 9.17) is 4.98 Å². The van der Waals surface area contributed by atoms with Crippen molar-refractivity contribution in [2.45, 2.75) is 37.3 Å². The fraction of sp³-hybridized carbons (Fsp3) is 0.526. The predicted octanol–water partition coefficient (Wildman–Crippen LogP) is 3.44. The number of hydrogen-bond donors (Lipinski definition) is 0. The minimum Gasteiger partial charge on any atom is -0.356 e. The molecule has 2 aromatic rings. The molecule has 5 nitrogen and oxygen atoms in total. The Kier molecular flexibility index (Phi) is 4.24. The van der Waals surface area contributed by atoms with Gasteiger partial charge >= 0.3 is 6.18 Å². The lowest BCUT2D eigenvalue weighted by Gasteiger charge is -2.41. The molecule has 0 amide bonds. The van der Waals surface area contributed by atoms with Crippen LogP contribution in [-0.4, -0.2) is 42.1 Å². The topological polar surface area (TPSA) is 45.2 Å². The minimum atomic E-state index is -4.43. The molecule has 4 rings (SSSR count). The first-order valence-corrected chi connectivity index (χ1v) is 9.11. The van der Waals surface area contributed by atoms with Gasteiger partial charge in [0.25, 0.3) is 0 Å². The van der Waals surface area contributed by atoms with E-state index in [0.717, 1.165) is 43.0 Å². The lowest BCUT2D eigenvalue weighted by atomic mass is 9.77. The number of aryl methyl sites for hydroxylation is 1. The maximum atomic E-state index is 13.0. The summed E-state index contributed by atoms with van der Waals surface area (Å²) in [4.78, 5) is 16.9. The summed E-state index contributed by atoms with van der Waals surface area (Å²) in [5.41, 5.74) is 1.22. The lowest BCUT2D eigenvalue weighted by Crippen LogP contribution is -2.46. The molecular weight excluding hydrogens is 355 g/mol. The first-order chi connectivity index (χ1) is 12.8. The van der Waals surface area contributed by atoms with Gasteiger partial charge in [-0.3, -0.25) is 0 Å². The second-order valence-corrected chi connectivity index (χ2v) is 7.62. The summed E-state index contributed by atoms with van der Waals surface area (Å²) < 4.78 is 39.1. The van der Waals surface area contributed by atoms with Crippen LogP contribution in [0.15, 0.2) is 24.4 Å². The third-order valence-electron chi connectivity index (χ3n) is 5.55. The maximum absolute atomic E-state index is 13.0. The second-order valence-electron chi connectivity index (χ2n) is 7.62. The van der Waals surface area contributed by atoms with E-state index in [0.29, 0.717) is 24.9 Å². The molecule has 27 heavy (non-hydrogen) atoms. The third kappa shape index (κ3) is 3.21. The van der Waals surface area contributed by atoms with Crippen molar-refractivity contribution in [3.05, 3.63) is 41.3 Å². The van der Waals surface area contributed by atoms with Gasteiger partial charge in [-0.05, 0) is 43.4 Å². The van der Waals surface area contributed by atoms with Crippen LogP contribution in [0.25, 0.3) is 0 Å². The molecule has 1 fully saturated rings. The predicted molar refractivity (Wildman–Crippen MR) is 97.0 cm³/mol. The Bertz CT molecular complexity index is 847. The molecule has 3 heterocycles. The van der Waals surface area contributed by atoms with Crippen LogP contribution < -0.4 is 9.80 Å². The van der Waals surface area contributed by atoms with Crippen LogP contribution in [0, 0.1) is 0 Å². The number of nitrogens with zero attached hydrogens (tertiary/aromatic N) is 5. The number of anilines is 2. The SMILES string of the molecule is CN(C)c1ncc2c(n1)C1(CCCN(c3cccc(C(F)(F)F)n3)C1)CC2. The van der Waals surface area contributed by atoms with Crippen molar-refractivity contribution in [2.75, 3.05) is 37.0 Å². The first-order valence-electron chi connectivity index (χ1n) is 9.11. The van der Waals surface area contributed by atoms with Gasteiger partial charge < -0.3 is 9.80 Å². The summed E-state index contributed by atoms with van der Waals surface area (Å²) in [6.07, 6.45) is 1.21. The fourth-order valence-corrected chi connectivity index (χ4v) is 4.23. The van der Waals surface area contributed by atoms with E-state index < -0.39 is 11.9 Å². The van der Waals surface area contributed by atoms with Crippen molar-refractivity contribution in [3.8, 4) is 0 Å². The summed E-state index contributed by atoms with van der Waals surface area (Å²) in [5, 5.41) is 0. The van der Waals surface area contributed by atoms with Crippen LogP contribution in [0.5, 0.6) is 0 Å². The average Bonchev–Trinajstić information content (AvgIpc) is 2.98. The molecule has 0 aromatic carbocycles. The Morgan fingerprint density at radius 3 is 2.70 bits per heavy atom. The van der Waals surface area contributed by atoms with Crippen LogP contribution in [0.3, 0.4) is 0 Å². The monoisotopic (exact) mass is 377 g/mol. The summed E-state index contributed by atoms with van der Waals surface area (Å²) in [7, 11) is 3.81. The molecule has 0 bridgehead atoms. The highest BCUT2D eigenvalue weighted by Crippen LogP contribution is 2.45. The second kappa shape index (κ2) is 6.35. The normalized spacial score (nSPS) is 22.2. The van der Waals surface area contributed by atoms with Gasteiger partial charge in [0.15, 0.2) is 0 Å². The van der Waals surface area contributed by atoms with Crippen molar-refractivity contribution in [2.24, 2.45) is 0 Å². The highest BCUT2D eigenvalue weighted by atomic mass is 19.4. The average molecular weight is 377 g/mol. The van der Waals surface area contributed by atoms with Crippen LogP contribution in [0.4, 0.5) is 24.9 Å². The van der Waals surface area contributed by atoms with Gasteiger partial charge in [-0.2, -0.15) is 13.2 Å². The number of fused-ring (bicyclic) bond motifs is 2. The summed E-state index contributed by atoms with van der Waals surface area (Å²) in [5.74, 6) is 1.06. The molecule has 144 valence electrons. The Balaban J connectivity index is 1.66. The van der Waals surface area contributed by atoms with Gasteiger partial charge in [0.1, 0.15) is 11.5 Å².